The van der Waals surface area contributed by atoms with Crippen molar-refractivity contribution in [2.75, 3.05) is 0 Å². The number of halogens is 2. The first kappa shape index (κ1) is 11.8. The summed E-state index contributed by atoms with van der Waals surface area (Å²) < 4.78 is 19.6. The zero-order chi connectivity index (χ0) is 11.5. The molecule has 1 heterocycles. The highest BCUT2D eigenvalue weighted by atomic mass is 79.9. The summed E-state index contributed by atoms with van der Waals surface area (Å²) in [5, 5.41) is 0. The Morgan fingerprint density at radius 3 is 2.88 bits per heavy atom. The number of nitrogens with zero attached hydrogens (tertiary/aromatic N) is 1. The van der Waals surface area contributed by atoms with Crippen LogP contribution in [0.25, 0.3) is 0 Å². The molecule has 88 valence electrons. The van der Waals surface area contributed by atoms with Crippen LogP contribution in [0.15, 0.2) is 16.7 Å². The molecule has 1 aromatic heterocycles. The van der Waals surface area contributed by atoms with Gasteiger partial charge in [0.05, 0.1) is 0 Å². The van der Waals surface area contributed by atoms with Crippen molar-refractivity contribution in [1.29, 1.82) is 0 Å². The largest absolute Gasteiger partial charge is 0.471 e. The van der Waals surface area contributed by atoms with Crippen LogP contribution in [0.4, 0.5) is 4.39 Å². The van der Waals surface area contributed by atoms with E-state index in [0.717, 1.165) is 25.7 Å². The van der Waals surface area contributed by atoms with Crippen molar-refractivity contribution < 1.29 is 9.13 Å². The number of rotatable bonds is 2. The van der Waals surface area contributed by atoms with Crippen LogP contribution < -0.4 is 10.5 Å². The van der Waals surface area contributed by atoms with Crippen molar-refractivity contribution in [3.05, 3.63) is 22.6 Å². The molecule has 2 atom stereocenters. The Kier molecular flexibility index (Phi) is 3.76. The summed E-state index contributed by atoms with van der Waals surface area (Å²) in [6, 6.07) is 1.33. The van der Waals surface area contributed by atoms with Gasteiger partial charge in [-0.3, -0.25) is 0 Å². The summed E-state index contributed by atoms with van der Waals surface area (Å²) in [6.45, 7) is 0. The molecule has 2 N–H and O–H groups in total. The maximum absolute atomic E-state index is 13.5. The number of ether oxygens (including phenoxy) is 1. The fourth-order valence-electron chi connectivity index (χ4n) is 1.90. The first-order valence-electron chi connectivity index (χ1n) is 5.40. The summed E-state index contributed by atoms with van der Waals surface area (Å²) in [5.74, 6) is -0.405. The van der Waals surface area contributed by atoms with E-state index in [9.17, 15) is 4.39 Å². The number of nitrogens with two attached hydrogens (primary N) is 1. The zero-order valence-electron chi connectivity index (χ0n) is 8.83. The monoisotopic (exact) mass is 288 g/mol. The van der Waals surface area contributed by atoms with Crippen LogP contribution >= 0.6 is 15.9 Å². The van der Waals surface area contributed by atoms with Gasteiger partial charge < -0.3 is 10.5 Å². The first-order chi connectivity index (χ1) is 7.66. The van der Waals surface area contributed by atoms with Crippen molar-refractivity contribution in [2.45, 2.75) is 37.8 Å². The van der Waals surface area contributed by atoms with Crippen molar-refractivity contribution >= 4 is 15.9 Å². The van der Waals surface area contributed by atoms with E-state index in [-0.39, 0.29) is 18.0 Å². The third kappa shape index (κ3) is 2.71. The van der Waals surface area contributed by atoms with E-state index < -0.39 is 5.82 Å². The molecule has 0 bridgehead atoms. The molecule has 1 aromatic rings. The average molecular weight is 289 g/mol. The molecule has 16 heavy (non-hydrogen) atoms. The molecule has 0 aliphatic heterocycles. The minimum Gasteiger partial charge on any atom is -0.471 e. The highest BCUT2D eigenvalue weighted by Crippen LogP contribution is 2.24. The van der Waals surface area contributed by atoms with Crippen LogP contribution in [0.1, 0.15) is 25.7 Å². The van der Waals surface area contributed by atoms with E-state index in [1.807, 2.05) is 0 Å². The highest BCUT2D eigenvalue weighted by Gasteiger charge is 2.24. The minimum absolute atomic E-state index is 0.0152. The number of hydrogen-bond acceptors (Lipinski definition) is 3. The van der Waals surface area contributed by atoms with Gasteiger partial charge in [0.25, 0.3) is 5.88 Å². The average Bonchev–Trinajstić information content (AvgIpc) is 2.25. The number of pyridine rings is 1. The second-order valence-electron chi connectivity index (χ2n) is 4.05. The smallest absolute Gasteiger partial charge is 0.250 e. The SMILES string of the molecule is NC1CCCCC1Oc1ncc(Br)cc1F. The third-order valence-electron chi connectivity index (χ3n) is 2.79. The molecule has 1 fully saturated rings. The van der Waals surface area contributed by atoms with E-state index in [0.29, 0.717) is 4.47 Å². The summed E-state index contributed by atoms with van der Waals surface area (Å²) >= 11 is 3.15. The lowest BCUT2D eigenvalue weighted by Crippen LogP contribution is -2.41. The van der Waals surface area contributed by atoms with Gasteiger partial charge in [-0.1, -0.05) is 6.42 Å². The van der Waals surface area contributed by atoms with Crippen molar-refractivity contribution in [3.8, 4) is 5.88 Å². The standard InChI is InChI=1S/C11H14BrFN2O/c12-7-5-8(13)11(15-6-7)16-10-4-2-1-3-9(10)14/h5-6,9-10H,1-4,14H2. The van der Waals surface area contributed by atoms with Crippen LogP contribution in [0.3, 0.4) is 0 Å². The number of hydrogen-bond donors (Lipinski definition) is 1. The molecule has 3 nitrogen and oxygen atoms in total. The van der Waals surface area contributed by atoms with Gasteiger partial charge in [0, 0.05) is 16.7 Å². The van der Waals surface area contributed by atoms with Gasteiger partial charge in [0.15, 0.2) is 5.82 Å². The van der Waals surface area contributed by atoms with Crippen LogP contribution in [0.5, 0.6) is 5.88 Å². The Bertz CT molecular complexity index is 375. The van der Waals surface area contributed by atoms with Gasteiger partial charge in [0.1, 0.15) is 6.10 Å². The Hall–Kier alpha value is -0.680. The third-order valence-corrected chi connectivity index (χ3v) is 3.22. The molecule has 0 radical (unpaired) electrons. The normalized spacial score (nSPS) is 25.4. The van der Waals surface area contributed by atoms with E-state index >= 15 is 0 Å². The summed E-state index contributed by atoms with van der Waals surface area (Å²) in [7, 11) is 0. The first-order valence-corrected chi connectivity index (χ1v) is 6.19. The molecule has 5 heteroatoms. The van der Waals surface area contributed by atoms with Crippen molar-refractivity contribution in [2.24, 2.45) is 5.73 Å². The van der Waals surface area contributed by atoms with E-state index in [4.69, 9.17) is 10.5 Å². The predicted octanol–water partition coefficient (Wildman–Crippen LogP) is 2.63. The number of aromatic nitrogens is 1. The molecule has 1 aliphatic carbocycles. The Labute approximate surface area is 102 Å². The topological polar surface area (TPSA) is 48.1 Å². The lowest BCUT2D eigenvalue weighted by Gasteiger charge is -2.28. The van der Waals surface area contributed by atoms with Gasteiger partial charge in [-0.15, -0.1) is 0 Å². The molecule has 0 amide bonds. The Morgan fingerprint density at radius 2 is 2.19 bits per heavy atom. The minimum atomic E-state index is -0.452. The molecular weight excluding hydrogens is 275 g/mol. The molecule has 0 spiro atoms. The van der Waals surface area contributed by atoms with Crippen LogP contribution in [0, 0.1) is 5.82 Å². The predicted molar refractivity (Wildman–Crippen MR) is 62.8 cm³/mol. The zero-order valence-corrected chi connectivity index (χ0v) is 10.4. The quantitative estimate of drug-likeness (QED) is 0.910. The van der Waals surface area contributed by atoms with Crippen LogP contribution in [-0.4, -0.2) is 17.1 Å². The highest BCUT2D eigenvalue weighted by molar-refractivity contribution is 9.10. The van der Waals surface area contributed by atoms with Gasteiger partial charge >= 0.3 is 0 Å². The summed E-state index contributed by atoms with van der Waals surface area (Å²) in [5.41, 5.74) is 5.92. The maximum atomic E-state index is 13.5. The molecule has 0 aromatic carbocycles. The summed E-state index contributed by atoms with van der Waals surface area (Å²) in [4.78, 5) is 3.91. The van der Waals surface area contributed by atoms with Gasteiger partial charge in [0.2, 0.25) is 0 Å². The lowest BCUT2D eigenvalue weighted by atomic mass is 9.93. The second kappa shape index (κ2) is 5.10. The molecular formula is C11H14BrFN2O. The fraction of sp³-hybridized carbons (Fsp3) is 0.545. The molecule has 1 aliphatic rings. The van der Waals surface area contributed by atoms with E-state index in [1.165, 1.54) is 12.3 Å². The van der Waals surface area contributed by atoms with Crippen molar-refractivity contribution in [3.63, 3.8) is 0 Å². The van der Waals surface area contributed by atoms with Crippen molar-refractivity contribution in [1.82, 2.24) is 4.98 Å². The van der Waals surface area contributed by atoms with Crippen LogP contribution in [-0.2, 0) is 0 Å². The molecule has 0 saturated heterocycles. The Morgan fingerprint density at radius 1 is 1.44 bits per heavy atom. The fourth-order valence-corrected chi connectivity index (χ4v) is 2.21. The Balaban J connectivity index is 2.07. The van der Waals surface area contributed by atoms with Gasteiger partial charge in [-0.2, -0.15) is 0 Å². The van der Waals surface area contributed by atoms with E-state index in [1.54, 1.807) is 0 Å². The molecule has 1 saturated carbocycles. The summed E-state index contributed by atoms with van der Waals surface area (Å²) in [6.07, 6.45) is 5.42. The van der Waals surface area contributed by atoms with Crippen LogP contribution in [0.2, 0.25) is 0 Å². The second-order valence-corrected chi connectivity index (χ2v) is 4.96. The maximum Gasteiger partial charge on any atom is 0.250 e. The van der Waals surface area contributed by atoms with Gasteiger partial charge in [-0.05, 0) is 41.3 Å². The lowest BCUT2D eigenvalue weighted by molar-refractivity contribution is 0.121. The molecule has 2 unspecified atom stereocenters. The van der Waals surface area contributed by atoms with E-state index in [2.05, 4.69) is 20.9 Å². The van der Waals surface area contributed by atoms with Gasteiger partial charge in [-0.25, -0.2) is 9.37 Å². The molecule has 2 rings (SSSR count).